The number of rotatable bonds is 8. The maximum absolute atomic E-state index is 11.2. The molecule has 0 atom stereocenters. The van der Waals surface area contributed by atoms with E-state index in [0.717, 1.165) is 25.8 Å². The van der Waals surface area contributed by atoms with Crippen LogP contribution >= 0.6 is 0 Å². The molecule has 0 fully saturated rings. The van der Waals surface area contributed by atoms with E-state index in [1.165, 1.54) is 6.07 Å². The molecule has 1 aromatic rings. The molecule has 112 valence electrons. The first-order valence-corrected chi connectivity index (χ1v) is 7.17. The fraction of sp³-hybridized carbons (Fsp3) is 0.643. The molecule has 0 amide bonds. The highest BCUT2D eigenvalue weighted by Crippen LogP contribution is 2.29. The SMILES string of the molecule is CCCNc1ccc([N+](=O)[O-])c(N(C)C(CC)CC)n1. The number of hydrogen-bond donors (Lipinski definition) is 1. The highest BCUT2D eigenvalue weighted by atomic mass is 16.6. The molecule has 0 aliphatic rings. The lowest BCUT2D eigenvalue weighted by atomic mass is 10.1. The van der Waals surface area contributed by atoms with Gasteiger partial charge in [-0.3, -0.25) is 10.1 Å². The average Bonchev–Trinajstić information content (AvgIpc) is 2.45. The van der Waals surface area contributed by atoms with Crippen molar-refractivity contribution in [3.8, 4) is 0 Å². The van der Waals surface area contributed by atoms with Gasteiger partial charge >= 0.3 is 5.69 Å². The maximum Gasteiger partial charge on any atom is 0.311 e. The van der Waals surface area contributed by atoms with Gasteiger partial charge in [-0.15, -0.1) is 0 Å². The highest BCUT2D eigenvalue weighted by molar-refractivity contribution is 5.61. The molecule has 0 unspecified atom stereocenters. The Morgan fingerprint density at radius 3 is 2.50 bits per heavy atom. The molecule has 0 aromatic carbocycles. The van der Waals surface area contributed by atoms with Crippen molar-refractivity contribution in [2.24, 2.45) is 0 Å². The number of hydrogen-bond acceptors (Lipinski definition) is 5. The second-order valence-corrected chi connectivity index (χ2v) is 4.80. The van der Waals surface area contributed by atoms with E-state index in [4.69, 9.17) is 0 Å². The lowest BCUT2D eigenvalue weighted by Gasteiger charge is -2.27. The van der Waals surface area contributed by atoms with Crippen molar-refractivity contribution in [2.75, 3.05) is 23.8 Å². The van der Waals surface area contributed by atoms with Crippen LogP contribution in [0.1, 0.15) is 40.0 Å². The second-order valence-electron chi connectivity index (χ2n) is 4.80. The second kappa shape index (κ2) is 7.67. The quantitative estimate of drug-likeness (QED) is 0.583. The van der Waals surface area contributed by atoms with Crippen molar-refractivity contribution < 1.29 is 4.92 Å². The van der Waals surface area contributed by atoms with E-state index in [-0.39, 0.29) is 16.7 Å². The largest absolute Gasteiger partial charge is 0.370 e. The van der Waals surface area contributed by atoms with Crippen LogP contribution in [0.15, 0.2) is 12.1 Å². The summed E-state index contributed by atoms with van der Waals surface area (Å²) in [4.78, 5) is 17.1. The fourth-order valence-electron chi connectivity index (χ4n) is 2.20. The Bertz CT molecular complexity index is 447. The lowest BCUT2D eigenvalue weighted by Crippen LogP contribution is -2.31. The molecule has 0 bridgehead atoms. The minimum atomic E-state index is -0.370. The highest BCUT2D eigenvalue weighted by Gasteiger charge is 2.23. The zero-order valence-corrected chi connectivity index (χ0v) is 12.7. The molecule has 0 spiro atoms. The van der Waals surface area contributed by atoms with E-state index in [1.54, 1.807) is 6.07 Å². The molecule has 1 heterocycles. The minimum Gasteiger partial charge on any atom is -0.370 e. The summed E-state index contributed by atoms with van der Waals surface area (Å²) in [6.45, 7) is 7.03. The van der Waals surface area contributed by atoms with Gasteiger partial charge in [-0.05, 0) is 25.3 Å². The van der Waals surface area contributed by atoms with Crippen molar-refractivity contribution in [3.63, 3.8) is 0 Å². The summed E-state index contributed by atoms with van der Waals surface area (Å²) in [5, 5.41) is 14.3. The number of nitrogens with zero attached hydrogens (tertiary/aromatic N) is 3. The Hall–Kier alpha value is -1.85. The van der Waals surface area contributed by atoms with Gasteiger partial charge in [0.25, 0.3) is 0 Å². The van der Waals surface area contributed by atoms with Crippen LogP contribution in [0.25, 0.3) is 0 Å². The van der Waals surface area contributed by atoms with Gasteiger partial charge in [0, 0.05) is 25.7 Å². The summed E-state index contributed by atoms with van der Waals surface area (Å²) in [6, 6.07) is 3.44. The van der Waals surface area contributed by atoms with Crippen molar-refractivity contribution in [3.05, 3.63) is 22.2 Å². The van der Waals surface area contributed by atoms with E-state index in [9.17, 15) is 10.1 Å². The summed E-state index contributed by atoms with van der Waals surface area (Å²) >= 11 is 0. The van der Waals surface area contributed by atoms with Crippen LogP contribution in [-0.4, -0.2) is 29.5 Å². The number of anilines is 2. The first kappa shape index (κ1) is 16.2. The number of aromatic nitrogens is 1. The third-order valence-corrected chi connectivity index (χ3v) is 3.43. The van der Waals surface area contributed by atoms with Gasteiger partial charge in [-0.2, -0.15) is 0 Å². The molecular formula is C14H24N4O2. The summed E-state index contributed by atoms with van der Waals surface area (Å²) in [6.07, 6.45) is 2.84. The molecule has 0 aliphatic carbocycles. The van der Waals surface area contributed by atoms with Crippen LogP contribution in [-0.2, 0) is 0 Å². The standard InChI is InChI=1S/C14H24N4O2/c1-5-10-15-13-9-8-12(18(19)20)14(16-13)17(4)11(6-2)7-3/h8-9,11H,5-7,10H2,1-4H3,(H,15,16). The smallest absolute Gasteiger partial charge is 0.311 e. The van der Waals surface area contributed by atoms with Gasteiger partial charge in [0.15, 0.2) is 0 Å². The summed E-state index contributed by atoms with van der Waals surface area (Å²) in [7, 11) is 1.87. The van der Waals surface area contributed by atoms with Gasteiger partial charge in [-0.25, -0.2) is 4.98 Å². The number of nitrogens with one attached hydrogen (secondary N) is 1. The van der Waals surface area contributed by atoms with Crippen molar-refractivity contribution in [1.82, 2.24) is 4.98 Å². The molecule has 20 heavy (non-hydrogen) atoms. The predicted octanol–water partition coefficient (Wildman–Crippen LogP) is 3.44. The normalized spacial score (nSPS) is 10.7. The number of pyridine rings is 1. The summed E-state index contributed by atoms with van der Waals surface area (Å²) in [5.74, 6) is 1.12. The molecule has 0 radical (unpaired) electrons. The minimum absolute atomic E-state index is 0.0569. The Balaban J connectivity index is 3.13. The molecule has 1 rings (SSSR count). The molecule has 6 heteroatoms. The zero-order chi connectivity index (χ0) is 15.1. The van der Waals surface area contributed by atoms with Crippen LogP contribution in [0.5, 0.6) is 0 Å². The fourth-order valence-corrected chi connectivity index (χ4v) is 2.20. The van der Waals surface area contributed by atoms with E-state index in [1.807, 2.05) is 11.9 Å². The third kappa shape index (κ3) is 3.82. The third-order valence-electron chi connectivity index (χ3n) is 3.43. The Morgan fingerprint density at radius 2 is 2.00 bits per heavy atom. The summed E-state index contributed by atoms with van der Waals surface area (Å²) in [5.41, 5.74) is 0.0569. The van der Waals surface area contributed by atoms with Gasteiger partial charge in [-0.1, -0.05) is 20.8 Å². The molecule has 6 nitrogen and oxygen atoms in total. The van der Waals surface area contributed by atoms with E-state index >= 15 is 0 Å². The molecule has 0 aliphatic heterocycles. The van der Waals surface area contributed by atoms with Gasteiger partial charge in [0.1, 0.15) is 5.82 Å². The van der Waals surface area contributed by atoms with Crippen LogP contribution in [0.4, 0.5) is 17.3 Å². The maximum atomic E-state index is 11.2. The van der Waals surface area contributed by atoms with E-state index in [0.29, 0.717) is 11.6 Å². The van der Waals surface area contributed by atoms with Crippen molar-refractivity contribution in [1.29, 1.82) is 0 Å². The van der Waals surface area contributed by atoms with E-state index in [2.05, 4.69) is 31.1 Å². The monoisotopic (exact) mass is 280 g/mol. The van der Waals surface area contributed by atoms with Crippen molar-refractivity contribution in [2.45, 2.75) is 46.1 Å². The van der Waals surface area contributed by atoms with E-state index < -0.39 is 0 Å². The molecule has 0 saturated carbocycles. The zero-order valence-electron chi connectivity index (χ0n) is 12.7. The van der Waals surface area contributed by atoms with Gasteiger partial charge in [0.05, 0.1) is 4.92 Å². The van der Waals surface area contributed by atoms with Gasteiger partial charge in [0.2, 0.25) is 5.82 Å². The van der Waals surface area contributed by atoms with Gasteiger partial charge < -0.3 is 10.2 Å². The summed E-state index contributed by atoms with van der Waals surface area (Å²) < 4.78 is 0. The predicted molar refractivity (Wildman–Crippen MR) is 82.4 cm³/mol. The molecule has 1 N–H and O–H groups in total. The molecular weight excluding hydrogens is 256 g/mol. The molecule has 0 saturated heterocycles. The first-order chi connectivity index (χ1) is 9.54. The van der Waals surface area contributed by atoms with Crippen LogP contribution in [0.3, 0.4) is 0 Å². The topological polar surface area (TPSA) is 71.3 Å². The lowest BCUT2D eigenvalue weighted by molar-refractivity contribution is -0.384. The Labute approximate surface area is 120 Å². The van der Waals surface area contributed by atoms with Crippen LogP contribution in [0, 0.1) is 10.1 Å². The first-order valence-electron chi connectivity index (χ1n) is 7.17. The Kier molecular flexibility index (Phi) is 6.21. The van der Waals surface area contributed by atoms with Crippen LogP contribution in [0.2, 0.25) is 0 Å². The Morgan fingerprint density at radius 1 is 1.35 bits per heavy atom. The van der Waals surface area contributed by atoms with Crippen LogP contribution < -0.4 is 10.2 Å². The van der Waals surface area contributed by atoms with Crippen molar-refractivity contribution >= 4 is 17.3 Å². The number of nitro groups is 1. The molecule has 1 aromatic heterocycles. The average molecular weight is 280 g/mol.